The third kappa shape index (κ3) is 7.08. The summed E-state index contributed by atoms with van der Waals surface area (Å²) < 4.78 is 0. The van der Waals surface area contributed by atoms with E-state index in [4.69, 9.17) is 0 Å². The first-order chi connectivity index (χ1) is 7.26. The van der Waals surface area contributed by atoms with Gasteiger partial charge >= 0.3 is 0 Å². The lowest BCUT2D eigenvalue weighted by atomic mass is 10.3. The van der Waals surface area contributed by atoms with Crippen LogP contribution < -0.4 is 5.32 Å². The average molecular weight is 228 g/mol. The number of amides is 1. The highest BCUT2D eigenvalue weighted by Crippen LogP contribution is 1.99. The Kier molecular flexibility index (Phi) is 9.07. The minimum absolute atomic E-state index is 0.0651. The Morgan fingerprint density at radius 3 is 2.60 bits per heavy atom. The molecule has 1 N–H and O–H groups in total. The molecule has 3 nitrogen and oxygen atoms in total. The molecule has 0 unspecified atom stereocenters. The maximum atomic E-state index is 11.2. The van der Waals surface area contributed by atoms with Gasteiger partial charge in [0.1, 0.15) is 5.69 Å². The summed E-state index contributed by atoms with van der Waals surface area (Å²) in [4.78, 5) is 15.1. The van der Waals surface area contributed by atoms with Crippen LogP contribution in [0, 0.1) is 0 Å². The molecular formula is C11H20N2OS. The van der Waals surface area contributed by atoms with E-state index < -0.39 is 0 Å². The number of hydrogen-bond donors (Lipinski definition) is 1. The molecule has 0 fully saturated rings. The fourth-order valence-electron chi connectivity index (χ4n) is 0.794. The first-order valence-electron chi connectivity index (χ1n) is 5.42. The van der Waals surface area contributed by atoms with Crippen molar-refractivity contribution in [2.24, 2.45) is 0 Å². The number of carbonyl (C=O) groups is 1. The lowest BCUT2D eigenvalue weighted by Crippen LogP contribution is -2.24. The van der Waals surface area contributed by atoms with E-state index in [9.17, 15) is 4.79 Å². The molecule has 1 rings (SSSR count). The number of unbranched alkanes of at least 4 members (excludes halogenated alkanes) is 1. The van der Waals surface area contributed by atoms with Crippen LogP contribution in [0.25, 0.3) is 0 Å². The van der Waals surface area contributed by atoms with Gasteiger partial charge < -0.3 is 5.32 Å². The van der Waals surface area contributed by atoms with Crippen LogP contribution in [0.1, 0.15) is 50.5 Å². The second-order valence-electron chi connectivity index (χ2n) is 3.19. The summed E-state index contributed by atoms with van der Waals surface area (Å²) >= 11 is 1.44. The Morgan fingerprint density at radius 1 is 1.47 bits per heavy atom. The summed E-state index contributed by atoms with van der Waals surface area (Å²) in [6.45, 7) is 7.09. The second-order valence-corrected chi connectivity index (χ2v) is 3.91. The highest BCUT2D eigenvalue weighted by molar-refractivity contribution is 7.07. The van der Waals surface area contributed by atoms with Crippen molar-refractivity contribution >= 4 is 17.2 Å². The van der Waals surface area contributed by atoms with E-state index in [-0.39, 0.29) is 5.91 Å². The van der Waals surface area contributed by atoms with Crippen molar-refractivity contribution in [2.45, 2.75) is 40.0 Å². The SMILES string of the molecule is CCC.CCCCNC(=O)c1cscn1. The van der Waals surface area contributed by atoms with Crippen LogP contribution in [-0.4, -0.2) is 17.4 Å². The Balaban J connectivity index is 0.000000583. The number of nitrogens with zero attached hydrogens (tertiary/aromatic N) is 1. The zero-order chi connectivity index (χ0) is 11.5. The van der Waals surface area contributed by atoms with Crippen molar-refractivity contribution in [1.29, 1.82) is 0 Å². The summed E-state index contributed by atoms with van der Waals surface area (Å²) in [5.74, 6) is -0.0651. The number of carbonyl (C=O) groups excluding carboxylic acids is 1. The smallest absolute Gasteiger partial charge is 0.270 e. The lowest BCUT2D eigenvalue weighted by Gasteiger charge is -1.99. The average Bonchev–Trinajstić information content (AvgIpc) is 2.72. The van der Waals surface area contributed by atoms with E-state index in [0.29, 0.717) is 5.69 Å². The number of rotatable bonds is 4. The van der Waals surface area contributed by atoms with Crippen LogP contribution in [0.3, 0.4) is 0 Å². The highest BCUT2D eigenvalue weighted by atomic mass is 32.1. The van der Waals surface area contributed by atoms with E-state index in [2.05, 4.69) is 31.1 Å². The molecule has 0 aliphatic rings. The third-order valence-electron chi connectivity index (χ3n) is 1.48. The van der Waals surface area contributed by atoms with Crippen LogP contribution in [-0.2, 0) is 0 Å². The summed E-state index contributed by atoms with van der Waals surface area (Å²) in [5, 5.41) is 4.54. The van der Waals surface area contributed by atoms with Gasteiger partial charge in [-0.1, -0.05) is 33.6 Å². The summed E-state index contributed by atoms with van der Waals surface area (Å²) in [7, 11) is 0. The van der Waals surface area contributed by atoms with E-state index in [0.717, 1.165) is 19.4 Å². The molecule has 0 spiro atoms. The van der Waals surface area contributed by atoms with Gasteiger partial charge in [0.2, 0.25) is 0 Å². The lowest BCUT2D eigenvalue weighted by molar-refractivity contribution is 0.0949. The second kappa shape index (κ2) is 9.65. The molecule has 4 heteroatoms. The van der Waals surface area contributed by atoms with Gasteiger partial charge in [-0.3, -0.25) is 4.79 Å². The minimum atomic E-state index is -0.0651. The van der Waals surface area contributed by atoms with Crippen molar-refractivity contribution in [2.75, 3.05) is 6.54 Å². The summed E-state index contributed by atoms with van der Waals surface area (Å²) in [6.07, 6.45) is 3.37. The largest absolute Gasteiger partial charge is 0.351 e. The van der Waals surface area contributed by atoms with Crippen LogP contribution in [0.2, 0.25) is 0 Å². The van der Waals surface area contributed by atoms with Crippen molar-refractivity contribution in [3.05, 3.63) is 16.6 Å². The molecule has 0 saturated heterocycles. The van der Waals surface area contributed by atoms with Gasteiger partial charge in [-0.05, 0) is 6.42 Å². The van der Waals surface area contributed by atoms with Gasteiger partial charge in [0.25, 0.3) is 5.91 Å². The Labute approximate surface area is 95.9 Å². The van der Waals surface area contributed by atoms with E-state index in [1.54, 1.807) is 10.9 Å². The van der Waals surface area contributed by atoms with Gasteiger partial charge in [-0.15, -0.1) is 11.3 Å². The molecule has 1 heterocycles. The van der Waals surface area contributed by atoms with E-state index >= 15 is 0 Å². The fraction of sp³-hybridized carbons (Fsp3) is 0.636. The van der Waals surface area contributed by atoms with Crippen LogP contribution in [0.5, 0.6) is 0 Å². The Bertz CT molecular complexity index is 247. The van der Waals surface area contributed by atoms with Gasteiger partial charge in [0, 0.05) is 11.9 Å². The monoisotopic (exact) mass is 228 g/mol. The zero-order valence-corrected chi connectivity index (χ0v) is 10.6. The first kappa shape index (κ1) is 14.1. The third-order valence-corrected chi connectivity index (χ3v) is 2.07. The zero-order valence-electron chi connectivity index (χ0n) is 9.75. The summed E-state index contributed by atoms with van der Waals surface area (Å²) in [5.41, 5.74) is 2.19. The van der Waals surface area contributed by atoms with Crippen molar-refractivity contribution in [3.8, 4) is 0 Å². The van der Waals surface area contributed by atoms with Crippen molar-refractivity contribution in [1.82, 2.24) is 10.3 Å². The predicted octanol–water partition coefficient (Wildman–Crippen LogP) is 3.09. The molecule has 0 saturated carbocycles. The molecule has 0 aromatic carbocycles. The van der Waals surface area contributed by atoms with Crippen LogP contribution in [0.4, 0.5) is 0 Å². The van der Waals surface area contributed by atoms with E-state index in [1.165, 1.54) is 17.8 Å². The number of aromatic nitrogens is 1. The fourth-order valence-corrected chi connectivity index (χ4v) is 1.33. The molecule has 0 radical (unpaired) electrons. The molecule has 1 aromatic rings. The maximum Gasteiger partial charge on any atom is 0.270 e. The molecule has 0 aliphatic heterocycles. The highest BCUT2D eigenvalue weighted by Gasteiger charge is 2.04. The molecule has 0 aliphatic carbocycles. The molecular weight excluding hydrogens is 208 g/mol. The van der Waals surface area contributed by atoms with Crippen molar-refractivity contribution < 1.29 is 4.79 Å². The molecule has 1 amide bonds. The van der Waals surface area contributed by atoms with Gasteiger partial charge in [0.15, 0.2) is 0 Å². The first-order valence-corrected chi connectivity index (χ1v) is 6.36. The van der Waals surface area contributed by atoms with Gasteiger partial charge in [0.05, 0.1) is 5.51 Å². The standard InChI is InChI=1S/C8H12N2OS.C3H8/c1-2-3-4-9-8(11)7-5-12-6-10-7;1-3-2/h5-6H,2-4H2,1H3,(H,9,11);3H2,1-2H3. The Morgan fingerprint density at radius 2 is 2.13 bits per heavy atom. The molecule has 86 valence electrons. The summed E-state index contributed by atoms with van der Waals surface area (Å²) in [6, 6.07) is 0. The number of thiazole rings is 1. The number of nitrogens with one attached hydrogen (secondary N) is 1. The molecule has 0 atom stereocenters. The molecule has 0 bridgehead atoms. The van der Waals surface area contributed by atoms with Gasteiger partial charge in [-0.2, -0.15) is 0 Å². The molecule has 1 aromatic heterocycles. The van der Waals surface area contributed by atoms with Crippen LogP contribution >= 0.6 is 11.3 Å². The molecule has 15 heavy (non-hydrogen) atoms. The Hall–Kier alpha value is -0.900. The maximum absolute atomic E-state index is 11.2. The normalized spacial score (nSPS) is 9.00. The quantitative estimate of drug-likeness (QED) is 0.805. The minimum Gasteiger partial charge on any atom is -0.351 e. The number of hydrogen-bond acceptors (Lipinski definition) is 3. The van der Waals surface area contributed by atoms with Crippen molar-refractivity contribution in [3.63, 3.8) is 0 Å². The predicted molar refractivity (Wildman–Crippen MR) is 65.3 cm³/mol. The van der Waals surface area contributed by atoms with Gasteiger partial charge in [-0.25, -0.2) is 4.98 Å². The van der Waals surface area contributed by atoms with E-state index in [1.807, 2.05) is 0 Å². The van der Waals surface area contributed by atoms with Crippen LogP contribution in [0.15, 0.2) is 10.9 Å². The topological polar surface area (TPSA) is 42.0 Å².